The zero-order chi connectivity index (χ0) is 14.7. The van der Waals surface area contributed by atoms with Crippen molar-refractivity contribution in [2.45, 2.75) is 45.6 Å². The standard InChI is InChI=1S/C15H22ClN3O/c1-10-4-6-12(7-5-10)17-14(20)9-8-13-11(2)18-19(3)15(13)16/h8-10,12H,4-7H2,1-3H3,(H,17,20). The fourth-order valence-corrected chi connectivity index (χ4v) is 2.89. The van der Waals surface area contributed by atoms with Crippen LogP contribution in [0, 0.1) is 12.8 Å². The lowest BCUT2D eigenvalue weighted by Gasteiger charge is -2.26. The lowest BCUT2D eigenvalue weighted by Crippen LogP contribution is -2.36. The Morgan fingerprint density at radius 1 is 1.40 bits per heavy atom. The normalized spacial score (nSPS) is 23.2. The summed E-state index contributed by atoms with van der Waals surface area (Å²) in [6.07, 6.45) is 7.84. The number of hydrogen-bond donors (Lipinski definition) is 1. The lowest BCUT2D eigenvalue weighted by molar-refractivity contribution is -0.117. The van der Waals surface area contributed by atoms with Crippen molar-refractivity contribution >= 4 is 23.6 Å². The average molecular weight is 296 g/mol. The van der Waals surface area contributed by atoms with Gasteiger partial charge in [0.1, 0.15) is 5.15 Å². The highest BCUT2D eigenvalue weighted by molar-refractivity contribution is 6.31. The third-order valence-electron chi connectivity index (χ3n) is 3.96. The van der Waals surface area contributed by atoms with E-state index >= 15 is 0 Å². The van der Waals surface area contributed by atoms with Gasteiger partial charge in [-0.15, -0.1) is 0 Å². The molecule has 20 heavy (non-hydrogen) atoms. The molecule has 0 unspecified atom stereocenters. The minimum atomic E-state index is -0.0520. The van der Waals surface area contributed by atoms with Crippen molar-refractivity contribution in [3.8, 4) is 0 Å². The van der Waals surface area contributed by atoms with Gasteiger partial charge in [0.15, 0.2) is 0 Å². The summed E-state index contributed by atoms with van der Waals surface area (Å²) in [5.41, 5.74) is 1.63. The molecule has 1 aromatic heterocycles. The molecule has 1 fully saturated rings. The Morgan fingerprint density at radius 3 is 2.60 bits per heavy atom. The molecule has 0 bridgehead atoms. The summed E-state index contributed by atoms with van der Waals surface area (Å²) in [5.74, 6) is 0.736. The van der Waals surface area contributed by atoms with Crippen LogP contribution in [0.2, 0.25) is 5.15 Å². The Morgan fingerprint density at radius 2 is 2.05 bits per heavy atom. The zero-order valence-corrected chi connectivity index (χ0v) is 13.1. The SMILES string of the molecule is Cc1nn(C)c(Cl)c1C=CC(=O)NC1CCC(C)CC1. The van der Waals surface area contributed by atoms with Crippen LogP contribution in [0.3, 0.4) is 0 Å². The number of carbonyl (C=O) groups is 1. The molecule has 1 aliphatic rings. The largest absolute Gasteiger partial charge is 0.350 e. The summed E-state index contributed by atoms with van der Waals surface area (Å²) >= 11 is 6.12. The number of nitrogens with one attached hydrogen (secondary N) is 1. The van der Waals surface area contributed by atoms with Gasteiger partial charge in [-0.25, -0.2) is 0 Å². The van der Waals surface area contributed by atoms with Crippen LogP contribution in [-0.4, -0.2) is 21.7 Å². The number of nitrogens with zero attached hydrogens (tertiary/aromatic N) is 2. The lowest BCUT2D eigenvalue weighted by atomic mass is 9.87. The van der Waals surface area contributed by atoms with Crippen molar-refractivity contribution < 1.29 is 4.79 Å². The maximum absolute atomic E-state index is 11.9. The molecule has 1 amide bonds. The summed E-state index contributed by atoms with van der Waals surface area (Å²) < 4.78 is 1.61. The number of rotatable bonds is 3. The van der Waals surface area contributed by atoms with Crippen LogP contribution in [0.1, 0.15) is 43.9 Å². The highest BCUT2D eigenvalue weighted by atomic mass is 35.5. The van der Waals surface area contributed by atoms with E-state index in [1.807, 2.05) is 6.92 Å². The third kappa shape index (κ3) is 3.63. The van der Waals surface area contributed by atoms with Crippen molar-refractivity contribution in [3.63, 3.8) is 0 Å². The van der Waals surface area contributed by atoms with Gasteiger partial charge in [0, 0.05) is 24.7 Å². The average Bonchev–Trinajstić information content (AvgIpc) is 2.64. The summed E-state index contributed by atoms with van der Waals surface area (Å²) in [5, 5.41) is 7.83. The third-order valence-corrected chi connectivity index (χ3v) is 4.41. The predicted octanol–water partition coefficient (Wildman–Crippen LogP) is 3.09. The van der Waals surface area contributed by atoms with Crippen molar-refractivity contribution in [2.75, 3.05) is 0 Å². The van der Waals surface area contributed by atoms with E-state index in [2.05, 4.69) is 17.3 Å². The fourth-order valence-electron chi connectivity index (χ4n) is 2.65. The van der Waals surface area contributed by atoms with Crippen molar-refractivity contribution in [1.29, 1.82) is 0 Å². The van der Waals surface area contributed by atoms with Crippen LogP contribution in [0.4, 0.5) is 0 Å². The summed E-state index contributed by atoms with van der Waals surface area (Å²) in [7, 11) is 1.79. The minimum absolute atomic E-state index is 0.0520. The predicted molar refractivity (Wildman–Crippen MR) is 81.6 cm³/mol. The molecule has 2 rings (SSSR count). The Balaban J connectivity index is 1.92. The van der Waals surface area contributed by atoms with E-state index in [1.165, 1.54) is 12.8 Å². The number of carbonyl (C=O) groups excluding carboxylic acids is 1. The first kappa shape index (κ1) is 15.1. The topological polar surface area (TPSA) is 46.9 Å². The van der Waals surface area contributed by atoms with Crippen molar-refractivity contribution in [2.24, 2.45) is 13.0 Å². The molecule has 1 saturated carbocycles. The van der Waals surface area contributed by atoms with Gasteiger partial charge in [0.25, 0.3) is 0 Å². The second-order valence-electron chi connectivity index (χ2n) is 5.71. The van der Waals surface area contributed by atoms with Gasteiger partial charge in [0.2, 0.25) is 5.91 Å². The molecule has 110 valence electrons. The minimum Gasteiger partial charge on any atom is -0.350 e. The van der Waals surface area contributed by atoms with Crippen LogP contribution < -0.4 is 5.32 Å². The highest BCUT2D eigenvalue weighted by Crippen LogP contribution is 2.23. The molecule has 0 saturated heterocycles. The van der Waals surface area contributed by atoms with Gasteiger partial charge < -0.3 is 5.32 Å². The Hall–Kier alpha value is -1.29. The van der Waals surface area contributed by atoms with Crippen LogP contribution in [0.5, 0.6) is 0 Å². The van der Waals surface area contributed by atoms with E-state index < -0.39 is 0 Å². The molecular formula is C15H22ClN3O. The molecule has 0 atom stereocenters. The first-order valence-electron chi connectivity index (χ1n) is 7.15. The maximum atomic E-state index is 11.9. The molecule has 0 radical (unpaired) electrons. The quantitative estimate of drug-likeness (QED) is 0.871. The second kappa shape index (κ2) is 6.44. The highest BCUT2D eigenvalue weighted by Gasteiger charge is 2.19. The zero-order valence-electron chi connectivity index (χ0n) is 12.3. The van der Waals surface area contributed by atoms with Crippen LogP contribution in [-0.2, 0) is 11.8 Å². The monoisotopic (exact) mass is 295 g/mol. The molecule has 0 aliphatic heterocycles. The van der Waals surface area contributed by atoms with Gasteiger partial charge in [-0.1, -0.05) is 18.5 Å². The molecule has 1 aliphatic carbocycles. The molecule has 1 heterocycles. The summed E-state index contributed by atoms with van der Waals surface area (Å²) in [6, 6.07) is 0.314. The van der Waals surface area contributed by atoms with Crippen LogP contribution >= 0.6 is 11.6 Å². The molecule has 4 nitrogen and oxygen atoms in total. The molecule has 0 aromatic carbocycles. The second-order valence-corrected chi connectivity index (χ2v) is 6.07. The van der Waals surface area contributed by atoms with E-state index in [0.29, 0.717) is 11.2 Å². The Labute approximate surface area is 125 Å². The van der Waals surface area contributed by atoms with E-state index in [0.717, 1.165) is 30.0 Å². The van der Waals surface area contributed by atoms with Crippen molar-refractivity contribution in [3.05, 3.63) is 22.5 Å². The van der Waals surface area contributed by atoms with Crippen molar-refractivity contribution in [1.82, 2.24) is 15.1 Å². The van der Waals surface area contributed by atoms with Gasteiger partial charge in [-0.2, -0.15) is 5.10 Å². The number of aryl methyl sites for hydroxylation is 2. The molecular weight excluding hydrogens is 274 g/mol. The van der Waals surface area contributed by atoms with Gasteiger partial charge in [-0.3, -0.25) is 9.48 Å². The molecule has 5 heteroatoms. The number of halogens is 1. The summed E-state index contributed by atoms with van der Waals surface area (Å²) in [4.78, 5) is 11.9. The Kier molecular flexibility index (Phi) is 4.86. The maximum Gasteiger partial charge on any atom is 0.244 e. The molecule has 0 spiro atoms. The van der Waals surface area contributed by atoms with E-state index in [1.54, 1.807) is 23.9 Å². The Bertz CT molecular complexity index is 513. The number of amides is 1. The first-order chi connectivity index (χ1) is 9.47. The van der Waals surface area contributed by atoms with Crippen LogP contribution in [0.25, 0.3) is 6.08 Å². The molecule has 1 N–H and O–H groups in total. The number of hydrogen-bond acceptors (Lipinski definition) is 2. The van der Waals surface area contributed by atoms with E-state index in [9.17, 15) is 4.79 Å². The van der Waals surface area contributed by atoms with E-state index in [-0.39, 0.29) is 5.91 Å². The van der Waals surface area contributed by atoms with Crippen LogP contribution in [0.15, 0.2) is 6.08 Å². The van der Waals surface area contributed by atoms with Gasteiger partial charge >= 0.3 is 0 Å². The van der Waals surface area contributed by atoms with Gasteiger partial charge in [0.05, 0.1) is 5.69 Å². The van der Waals surface area contributed by atoms with Gasteiger partial charge in [-0.05, 0) is 44.6 Å². The number of aromatic nitrogens is 2. The molecule has 1 aromatic rings. The first-order valence-corrected chi connectivity index (χ1v) is 7.53. The summed E-state index contributed by atoms with van der Waals surface area (Å²) in [6.45, 7) is 4.15. The fraction of sp³-hybridized carbons (Fsp3) is 0.600. The van der Waals surface area contributed by atoms with E-state index in [4.69, 9.17) is 11.6 Å². The smallest absolute Gasteiger partial charge is 0.244 e.